The molecule has 0 spiro atoms. The molecule has 0 aliphatic heterocycles. The van der Waals surface area contributed by atoms with Gasteiger partial charge in [-0.15, -0.1) is 0 Å². The third kappa shape index (κ3) is 79.0. The van der Waals surface area contributed by atoms with Crippen LogP contribution in [-0.4, -0.2) is 36.4 Å². The molecule has 0 aromatic heterocycles. The Bertz CT molecular complexity index is 1740. The zero-order chi connectivity index (χ0) is 66.1. The number of ether oxygens (including phenoxy) is 2. The van der Waals surface area contributed by atoms with Gasteiger partial charge >= 0.3 is 11.9 Å². The molecule has 0 heterocycles. The summed E-state index contributed by atoms with van der Waals surface area (Å²) in [5.74, 6) is -0.570. The van der Waals surface area contributed by atoms with Crippen molar-refractivity contribution in [3.8, 4) is 0 Å². The van der Waals surface area contributed by atoms with E-state index in [0.29, 0.717) is 12.8 Å². The molecule has 0 saturated carbocycles. The molecule has 532 valence electrons. The SMILES string of the molecule is CC/C=C\C/C=C\C/C=C\C/C=C\C/C=C\C/C=C\CCCCCCCCCCCCCCCCCCCCCCC(=O)OC(CO)COC(=O)CCCCCCCCCCCCCCCCCCCCCCCCCC/C=C\C/C=C\C/C=C\CCCCCCC. The van der Waals surface area contributed by atoms with Gasteiger partial charge in [-0.05, 0) is 103 Å². The molecule has 0 aromatic carbocycles. The molecule has 5 heteroatoms. The van der Waals surface area contributed by atoms with Crippen molar-refractivity contribution in [3.63, 3.8) is 0 Å². The van der Waals surface area contributed by atoms with E-state index in [9.17, 15) is 14.7 Å². The smallest absolute Gasteiger partial charge is 0.306 e. The normalized spacial score (nSPS) is 12.8. The highest BCUT2D eigenvalue weighted by molar-refractivity contribution is 5.70. The molecule has 0 aliphatic rings. The largest absolute Gasteiger partial charge is 0.462 e. The number of esters is 2. The summed E-state index contributed by atoms with van der Waals surface area (Å²) in [6.07, 6.45) is 119. The lowest BCUT2D eigenvalue weighted by Crippen LogP contribution is -2.28. The Labute approximate surface area is 573 Å². The van der Waals surface area contributed by atoms with Gasteiger partial charge in [-0.3, -0.25) is 9.59 Å². The van der Waals surface area contributed by atoms with Gasteiger partial charge in [0.25, 0.3) is 0 Å². The molecule has 0 rings (SSSR count). The third-order valence-electron chi connectivity index (χ3n) is 18.1. The van der Waals surface area contributed by atoms with Crippen LogP contribution in [0, 0.1) is 0 Å². The van der Waals surface area contributed by atoms with Crippen LogP contribution >= 0.6 is 0 Å². The molecular formula is C87H154O5. The van der Waals surface area contributed by atoms with Crippen LogP contribution in [0.4, 0.5) is 0 Å². The Morgan fingerprint density at radius 3 is 0.707 bits per heavy atom. The van der Waals surface area contributed by atoms with Crippen molar-refractivity contribution in [2.45, 2.75) is 418 Å². The van der Waals surface area contributed by atoms with E-state index < -0.39 is 6.10 Å². The first kappa shape index (κ1) is 88.6. The predicted molar refractivity (Wildman–Crippen MR) is 408 cm³/mol. The number of carbonyl (C=O) groups excluding carboxylic acids is 2. The van der Waals surface area contributed by atoms with Gasteiger partial charge in [-0.25, -0.2) is 0 Å². The second-order valence-corrected chi connectivity index (χ2v) is 27.1. The van der Waals surface area contributed by atoms with Gasteiger partial charge in [-0.2, -0.15) is 0 Å². The van der Waals surface area contributed by atoms with E-state index in [1.807, 2.05) is 0 Å². The van der Waals surface area contributed by atoms with E-state index in [1.165, 1.54) is 295 Å². The van der Waals surface area contributed by atoms with E-state index in [-0.39, 0.29) is 25.2 Å². The van der Waals surface area contributed by atoms with E-state index in [0.717, 1.165) is 89.9 Å². The number of aliphatic hydroxyl groups is 1. The fourth-order valence-electron chi connectivity index (χ4n) is 12.0. The summed E-state index contributed by atoms with van der Waals surface area (Å²) in [4.78, 5) is 24.7. The minimum Gasteiger partial charge on any atom is -0.462 e. The predicted octanol–water partition coefficient (Wildman–Crippen LogP) is 28.7. The number of allylic oxidation sites excluding steroid dienone is 18. The van der Waals surface area contributed by atoms with Crippen molar-refractivity contribution in [2.75, 3.05) is 13.2 Å². The van der Waals surface area contributed by atoms with E-state index in [2.05, 4.69) is 123 Å². The Hall–Kier alpha value is -3.44. The summed E-state index contributed by atoms with van der Waals surface area (Å²) in [5.41, 5.74) is 0. The molecule has 1 N–H and O–H groups in total. The highest BCUT2D eigenvalue weighted by Crippen LogP contribution is 2.19. The Morgan fingerprint density at radius 1 is 0.261 bits per heavy atom. The summed E-state index contributed by atoms with van der Waals surface area (Å²) in [6, 6.07) is 0. The zero-order valence-corrected chi connectivity index (χ0v) is 61.3. The number of unbranched alkanes of at least 4 members (excludes halogenated alkanes) is 49. The second kappa shape index (κ2) is 81.8. The fourth-order valence-corrected chi connectivity index (χ4v) is 12.0. The van der Waals surface area contributed by atoms with Crippen molar-refractivity contribution < 1.29 is 24.2 Å². The second-order valence-electron chi connectivity index (χ2n) is 27.1. The Kier molecular flexibility index (Phi) is 78.7. The summed E-state index contributed by atoms with van der Waals surface area (Å²) < 4.78 is 10.8. The van der Waals surface area contributed by atoms with E-state index >= 15 is 0 Å². The van der Waals surface area contributed by atoms with Crippen molar-refractivity contribution in [1.29, 1.82) is 0 Å². The lowest BCUT2D eigenvalue weighted by molar-refractivity contribution is -0.161. The van der Waals surface area contributed by atoms with Crippen molar-refractivity contribution >= 4 is 11.9 Å². The average Bonchev–Trinajstić information content (AvgIpc) is 3.75. The lowest BCUT2D eigenvalue weighted by Gasteiger charge is -2.15. The third-order valence-corrected chi connectivity index (χ3v) is 18.1. The maximum atomic E-state index is 12.4. The Morgan fingerprint density at radius 2 is 0.467 bits per heavy atom. The minimum atomic E-state index is -0.775. The van der Waals surface area contributed by atoms with Crippen LogP contribution in [0.1, 0.15) is 412 Å². The monoisotopic (exact) mass is 1280 g/mol. The van der Waals surface area contributed by atoms with E-state index in [1.54, 1.807) is 0 Å². The molecule has 0 bridgehead atoms. The number of aliphatic hydroxyl groups excluding tert-OH is 1. The first-order valence-corrected chi connectivity index (χ1v) is 40.4. The van der Waals surface area contributed by atoms with Crippen molar-refractivity contribution in [3.05, 3.63) is 109 Å². The van der Waals surface area contributed by atoms with Crippen LogP contribution in [0.3, 0.4) is 0 Å². The minimum absolute atomic E-state index is 0.0630. The quantitative estimate of drug-likeness (QED) is 0.0373. The van der Waals surface area contributed by atoms with Crippen LogP contribution in [-0.2, 0) is 19.1 Å². The Balaban J connectivity index is 3.40. The first-order chi connectivity index (χ1) is 45.6. The van der Waals surface area contributed by atoms with Gasteiger partial charge in [0.05, 0.1) is 6.61 Å². The highest BCUT2D eigenvalue weighted by atomic mass is 16.6. The number of rotatable bonds is 75. The molecule has 1 atom stereocenters. The standard InChI is InChI=1S/C87H154O5/c1-3-5-7-9-11-13-15-17-19-21-23-25-27-29-31-33-35-37-39-41-43-45-47-49-51-53-55-57-59-61-63-65-67-69-71-73-75-77-79-81-86(89)91-84-85(83-88)92-87(90)82-80-78-76-74-72-70-68-66-64-62-60-58-56-54-52-50-48-46-44-42-40-38-36-34-32-30-28-26-24-22-20-18-16-14-12-10-8-6-4-2/h6,8,12,14-15,17-18,20-21,23-24,26-27,29-30,32,36,38,85,88H,3-5,7,9-11,13,16,19,22,25,28,31,33-35,37,39-84H2,1-2H3/b8-6-,14-12-,17-15-,20-18-,23-21-,26-24-,29-27-,32-30-,38-36-. The van der Waals surface area contributed by atoms with Gasteiger partial charge in [0.15, 0.2) is 6.10 Å². The molecular weight excluding hydrogens is 1120 g/mol. The van der Waals surface area contributed by atoms with Gasteiger partial charge in [0.2, 0.25) is 0 Å². The fraction of sp³-hybridized carbons (Fsp3) is 0.770. The molecule has 0 aliphatic carbocycles. The summed E-state index contributed by atoms with van der Waals surface area (Å²) in [6.45, 7) is 4.06. The first-order valence-electron chi connectivity index (χ1n) is 40.4. The number of hydrogen-bond acceptors (Lipinski definition) is 5. The number of hydrogen-bond donors (Lipinski definition) is 1. The van der Waals surface area contributed by atoms with Crippen LogP contribution < -0.4 is 0 Å². The molecule has 1 unspecified atom stereocenters. The molecule has 92 heavy (non-hydrogen) atoms. The van der Waals surface area contributed by atoms with Gasteiger partial charge in [0.1, 0.15) is 6.61 Å². The van der Waals surface area contributed by atoms with Gasteiger partial charge in [0, 0.05) is 12.8 Å². The van der Waals surface area contributed by atoms with Crippen LogP contribution in [0.5, 0.6) is 0 Å². The van der Waals surface area contributed by atoms with Gasteiger partial charge in [-0.1, -0.05) is 406 Å². The average molecular weight is 1280 g/mol. The summed E-state index contributed by atoms with van der Waals surface area (Å²) in [7, 11) is 0. The zero-order valence-electron chi connectivity index (χ0n) is 61.3. The summed E-state index contributed by atoms with van der Waals surface area (Å²) in [5, 5.41) is 9.73. The van der Waals surface area contributed by atoms with Crippen molar-refractivity contribution in [1.82, 2.24) is 0 Å². The molecule has 5 nitrogen and oxygen atoms in total. The topological polar surface area (TPSA) is 72.8 Å². The van der Waals surface area contributed by atoms with Crippen LogP contribution in [0.15, 0.2) is 109 Å². The molecule has 0 fully saturated rings. The van der Waals surface area contributed by atoms with Gasteiger partial charge < -0.3 is 14.6 Å². The molecule has 0 radical (unpaired) electrons. The van der Waals surface area contributed by atoms with E-state index in [4.69, 9.17) is 9.47 Å². The van der Waals surface area contributed by atoms with Crippen molar-refractivity contribution in [2.24, 2.45) is 0 Å². The summed E-state index contributed by atoms with van der Waals surface area (Å²) >= 11 is 0. The maximum Gasteiger partial charge on any atom is 0.306 e. The highest BCUT2D eigenvalue weighted by Gasteiger charge is 2.16. The van der Waals surface area contributed by atoms with Crippen LogP contribution in [0.25, 0.3) is 0 Å². The molecule has 0 aromatic rings. The lowest BCUT2D eigenvalue weighted by atomic mass is 10.0. The molecule has 0 saturated heterocycles. The molecule has 0 amide bonds. The van der Waals surface area contributed by atoms with Crippen LogP contribution in [0.2, 0.25) is 0 Å². The number of carbonyl (C=O) groups is 2. The maximum absolute atomic E-state index is 12.4.